The summed E-state index contributed by atoms with van der Waals surface area (Å²) >= 11 is 2.11. The van der Waals surface area contributed by atoms with Crippen molar-refractivity contribution in [3.05, 3.63) is 45.7 Å². The van der Waals surface area contributed by atoms with Gasteiger partial charge in [0.25, 0.3) is 5.91 Å². The Labute approximate surface area is 117 Å². The van der Waals surface area contributed by atoms with E-state index in [1.54, 1.807) is 12.3 Å². The number of hydrogen-bond acceptors (Lipinski definition) is 4. The van der Waals surface area contributed by atoms with Crippen LogP contribution in [0.4, 0.5) is 5.82 Å². The van der Waals surface area contributed by atoms with Gasteiger partial charge >= 0.3 is 0 Å². The van der Waals surface area contributed by atoms with E-state index in [1.165, 1.54) is 18.2 Å². The Morgan fingerprint density at radius 2 is 1.94 bits per heavy atom. The average molecular weight is 356 g/mol. The van der Waals surface area contributed by atoms with Crippen LogP contribution < -0.4 is 5.32 Å². The van der Waals surface area contributed by atoms with E-state index < -0.39 is 5.91 Å². The lowest BCUT2D eigenvalue weighted by atomic mass is 10.2. The first-order valence-electron chi connectivity index (χ1n) is 5.01. The number of carbonyl (C=O) groups is 1. The Morgan fingerprint density at radius 3 is 2.56 bits per heavy atom. The molecule has 92 valence electrons. The molecule has 0 unspecified atom stereocenters. The molecule has 0 aliphatic heterocycles. The molecule has 3 N–H and O–H groups in total. The summed E-state index contributed by atoms with van der Waals surface area (Å²) in [7, 11) is 0. The normalized spacial score (nSPS) is 10.1. The van der Waals surface area contributed by atoms with Crippen LogP contribution in [-0.2, 0) is 0 Å². The second-order valence-electron chi connectivity index (χ2n) is 3.52. The van der Waals surface area contributed by atoms with Crippen molar-refractivity contribution in [2.75, 3.05) is 5.32 Å². The minimum Gasteiger partial charge on any atom is -0.504 e. The van der Waals surface area contributed by atoms with Crippen molar-refractivity contribution in [3.63, 3.8) is 0 Å². The van der Waals surface area contributed by atoms with E-state index in [0.29, 0.717) is 5.82 Å². The van der Waals surface area contributed by atoms with Gasteiger partial charge in [-0.1, -0.05) is 0 Å². The molecular weight excluding hydrogens is 347 g/mol. The van der Waals surface area contributed by atoms with E-state index >= 15 is 0 Å². The lowest BCUT2D eigenvalue weighted by molar-refractivity contribution is 0.102. The molecule has 0 radical (unpaired) electrons. The molecule has 6 heteroatoms. The van der Waals surface area contributed by atoms with Gasteiger partial charge in [-0.2, -0.15) is 0 Å². The molecule has 0 saturated carbocycles. The molecule has 0 bridgehead atoms. The van der Waals surface area contributed by atoms with Crippen molar-refractivity contribution >= 4 is 34.3 Å². The lowest BCUT2D eigenvalue weighted by Gasteiger charge is -2.05. The number of aromatic nitrogens is 1. The molecule has 0 spiro atoms. The van der Waals surface area contributed by atoms with Crippen molar-refractivity contribution < 1.29 is 15.0 Å². The van der Waals surface area contributed by atoms with Gasteiger partial charge in [-0.15, -0.1) is 0 Å². The van der Waals surface area contributed by atoms with Crippen molar-refractivity contribution in [1.29, 1.82) is 0 Å². The Hall–Kier alpha value is -1.83. The van der Waals surface area contributed by atoms with Gasteiger partial charge in [0.05, 0.1) is 0 Å². The number of pyridine rings is 1. The summed E-state index contributed by atoms with van der Waals surface area (Å²) in [5, 5.41) is 21.0. The zero-order valence-corrected chi connectivity index (χ0v) is 11.2. The number of nitrogens with one attached hydrogen (secondary N) is 1. The molecule has 18 heavy (non-hydrogen) atoms. The van der Waals surface area contributed by atoms with Crippen LogP contribution in [0.2, 0.25) is 0 Å². The smallest absolute Gasteiger partial charge is 0.256 e. The van der Waals surface area contributed by atoms with Crippen LogP contribution in [-0.4, -0.2) is 21.1 Å². The number of nitrogens with zero attached hydrogens (tertiary/aromatic N) is 1. The third-order valence-corrected chi connectivity index (χ3v) is 2.84. The van der Waals surface area contributed by atoms with E-state index in [0.717, 1.165) is 3.57 Å². The fourth-order valence-electron chi connectivity index (χ4n) is 1.30. The third kappa shape index (κ3) is 2.89. The average Bonchev–Trinajstić information content (AvgIpc) is 2.35. The van der Waals surface area contributed by atoms with Crippen molar-refractivity contribution in [3.8, 4) is 11.5 Å². The van der Waals surface area contributed by atoms with E-state index in [1.807, 2.05) is 6.07 Å². The number of halogens is 1. The number of phenolic OH excluding ortho intramolecular Hbond substituents is 2. The quantitative estimate of drug-likeness (QED) is 0.570. The molecule has 5 nitrogen and oxygen atoms in total. The standard InChI is InChI=1S/C12H9IN2O3/c13-8-2-4-11(14-6-8)15-12(18)7-1-3-9(16)10(17)5-7/h1-6,16-17H,(H,14,15,18). The maximum atomic E-state index is 11.8. The molecule has 0 aliphatic carbocycles. The van der Waals surface area contributed by atoms with Gasteiger partial charge in [0.1, 0.15) is 5.82 Å². The zero-order valence-electron chi connectivity index (χ0n) is 9.09. The summed E-state index contributed by atoms with van der Waals surface area (Å²) in [5.41, 5.74) is 0.241. The highest BCUT2D eigenvalue weighted by atomic mass is 127. The molecule has 1 heterocycles. The van der Waals surface area contributed by atoms with Crippen LogP contribution in [0.5, 0.6) is 11.5 Å². The summed E-state index contributed by atoms with van der Waals surface area (Å²) in [5.74, 6) is -0.579. The van der Waals surface area contributed by atoms with Gasteiger partial charge in [-0.05, 0) is 52.9 Å². The number of amides is 1. The van der Waals surface area contributed by atoms with Gasteiger partial charge in [0, 0.05) is 15.3 Å². The Bertz CT molecular complexity index is 584. The Kier molecular flexibility index (Phi) is 3.66. The number of phenols is 2. The Morgan fingerprint density at radius 1 is 1.17 bits per heavy atom. The number of anilines is 1. The van der Waals surface area contributed by atoms with Gasteiger partial charge in [-0.3, -0.25) is 4.79 Å². The molecule has 2 aromatic rings. The van der Waals surface area contributed by atoms with E-state index in [2.05, 4.69) is 32.9 Å². The number of hydrogen-bond donors (Lipinski definition) is 3. The highest BCUT2D eigenvalue weighted by molar-refractivity contribution is 14.1. The molecule has 1 aromatic carbocycles. The fraction of sp³-hybridized carbons (Fsp3) is 0. The van der Waals surface area contributed by atoms with Gasteiger partial charge in [0.15, 0.2) is 11.5 Å². The molecule has 0 saturated heterocycles. The van der Waals surface area contributed by atoms with Gasteiger partial charge in [0.2, 0.25) is 0 Å². The molecular formula is C12H9IN2O3. The van der Waals surface area contributed by atoms with Gasteiger partial charge < -0.3 is 15.5 Å². The molecule has 0 fully saturated rings. The van der Waals surface area contributed by atoms with Crippen LogP contribution >= 0.6 is 22.6 Å². The van der Waals surface area contributed by atoms with E-state index in [4.69, 9.17) is 5.11 Å². The van der Waals surface area contributed by atoms with Crippen LogP contribution in [0.1, 0.15) is 10.4 Å². The SMILES string of the molecule is O=C(Nc1ccc(I)cn1)c1ccc(O)c(O)c1. The predicted molar refractivity (Wildman–Crippen MR) is 74.7 cm³/mol. The maximum absolute atomic E-state index is 11.8. The van der Waals surface area contributed by atoms with Crippen molar-refractivity contribution in [2.45, 2.75) is 0 Å². The van der Waals surface area contributed by atoms with E-state index in [-0.39, 0.29) is 17.1 Å². The second-order valence-corrected chi connectivity index (χ2v) is 4.76. The first kappa shape index (κ1) is 12.6. The number of rotatable bonds is 2. The maximum Gasteiger partial charge on any atom is 0.256 e. The molecule has 0 atom stereocenters. The van der Waals surface area contributed by atoms with Crippen LogP contribution in [0.15, 0.2) is 36.5 Å². The molecule has 1 aromatic heterocycles. The largest absolute Gasteiger partial charge is 0.504 e. The van der Waals surface area contributed by atoms with Crippen molar-refractivity contribution in [2.24, 2.45) is 0 Å². The first-order valence-corrected chi connectivity index (χ1v) is 6.09. The number of aromatic hydroxyl groups is 2. The van der Waals surface area contributed by atoms with Gasteiger partial charge in [-0.25, -0.2) is 4.98 Å². The van der Waals surface area contributed by atoms with Crippen LogP contribution in [0.25, 0.3) is 0 Å². The minimum absolute atomic E-state index is 0.241. The number of benzene rings is 1. The summed E-state index contributed by atoms with van der Waals surface area (Å²) in [6.07, 6.45) is 1.63. The zero-order chi connectivity index (χ0) is 13.1. The molecule has 0 aliphatic rings. The minimum atomic E-state index is -0.404. The lowest BCUT2D eigenvalue weighted by Crippen LogP contribution is -2.12. The fourth-order valence-corrected chi connectivity index (χ4v) is 1.62. The third-order valence-electron chi connectivity index (χ3n) is 2.21. The summed E-state index contributed by atoms with van der Waals surface area (Å²) in [6.45, 7) is 0. The monoisotopic (exact) mass is 356 g/mol. The molecule has 1 amide bonds. The van der Waals surface area contributed by atoms with Crippen LogP contribution in [0.3, 0.4) is 0 Å². The summed E-state index contributed by atoms with van der Waals surface area (Å²) < 4.78 is 0.966. The second kappa shape index (κ2) is 5.21. The predicted octanol–water partition coefficient (Wildman–Crippen LogP) is 2.35. The first-order chi connectivity index (χ1) is 8.56. The topological polar surface area (TPSA) is 82.5 Å². The molecule has 2 rings (SSSR count). The number of carbonyl (C=O) groups excluding carboxylic acids is 1. The highest BCUT2D eigenvalue weighted by Crippen LogP contribution is 2.25. The highest BCUT2D eigenvalue weighted by Gasteiger charge is 2.09. The summed E-state index contributed by atoms with van der Waals surface area (Å²) in [6, 6.07) is 7.36. The van der Waals surface area contributed by atoms with Crippen LogP contribution in [0, 0.1) is 3.57 Å². The summed E-state index contributed by atoms with van der Waals surface area (Å²) in [4.78, 5) is 15.8. The van der Waals surface area contributed by atoms with E-state index in [9.17, 15) is 9.90 Å². The van der Waals surface area contributed by atoms with Crippen molar-refractivity contribution in [1.82, 2.24) is 4.98 Å². The Balaban J connectivity index is 2.16.